The van der Waals surface area contributed by atoms with Crippen LogP contribution in [0.15, 0.2) is 85.1 Å². The zero-order valence-electron chi connectivity index (χ0n) is 11.7. The molecule has 0 radical (unpaired) electrons. The van der Waals surface area contributed by atoms with Crippen LogP contribution >= 0.6 is 7.05 Å². The summed E-state index contributed by atoms with van der Waals surface area (Å²) in [5.74, 6) is 0. The molecule has 3 aromatic rings. The van der Waals surface area contributed by atoms with Gasteiger partial charge in [0.2, 0.25) is 0 Å². The van der Waals surface area contributed by atoms with Gasteiger partial charge in [-0.3, -0.25) is 4.98 Å². The Kier molecular flexibility index (Phi) is 3.98. The monoisotopic (exact) mass is 292 g/mol. The minimum absolute atomic E-state index is 0.669. The molecule has 0 aliphatic rings. The van der Waals surface area contributed by atoms with E-state index in [1.807, 2.05) is 54.6 Å². The van der Waals surface area contributed by atoms with E-state index < -0.39 is 7.05 Å². The van der Waals surface area contributed by atoms with E-state index >= 15 is 0 Å². The first-order chi connectivity index (χ1) is 10.3. The Balaban J connectivity index is 2.10. The molecule has 21 heavy (non-hydrogen) atoms. The lowest BCUT2D eigenvalue weighted by molar-refractivity contribution is 1.16. The molecule has 0 spiro atoms. The van der Waals surface area contributed by atoms with Crippen molar-refractivity contribution in [1.82, 2.24) is 4.98 Å². The van der Waals surface area contributed by atoms with Gasteiger partial charge in [0.25, 0.3) is 0 Å². The van der Waals surface area contributed by atoms with Crippen LogP contribution in [0.2, 0.25) is 0 Å². The summed E-state index contributed by atoms with van der Waals surface area (Å²) in [6.07, 6.45) is 2.47. The molecule has 0 atom stereocenters. The highest BCUT2D eigenvalue weighted by Crippen LogP contribution is 2.47. The van der Waals surface area contributed by atoms with E-state index in [-0.39, 0.29) is 0 Å². The van der Waals surface area contributed by atoms with Crippen LogP contribution in [-0.4, -0.2) is 4.98 Å². The van der Waals surface area contributed by atoms with Gasteiger partial charge in [0, 0.05) is 25.1 Å². The van der Waals surface area contributed by atoms with Crippen molar-refractivity contribution in [2.45, 2.75) is 6.16 Å². The van der Waals surface area contributed by atoms with Crippen molar-refractivity contribution in [3.8, 4) is 0 Å². The number of benzene rings is 2. The minimum atomic E-state index is -2.21. The summed E-state index contributed by atoms with van der Waals surface area (Å²) in [6, 6.07) is 26.2. The first-order valence-corrected chi connectivity index (χ1v) is 8.91. The van der Waals surface area contributed by atoms with Gasteiger partial charge in [-0.15, -0.1) is 0 Å². The number of nitrogens with zero attached hydrogens (tertiary/aromatic N) is 1. The van der Waals surface area contributed by atoms with E-state index in [9.17, 15) is 5.16 Å². The van der Waals surface area contributed by atoms with E-state index in [1.54, 1.807) is 6.20 Å². The normalized spacial score (nSPS) is 11.2. The SMILES string of the molecule is N=P(Cc1ccccn1)(c1ccccc1)c1ccccc1. The summed E-state index contributed by atoms with van der Waals surface area (Å²) in [4.78, 5) is 4.42. The molecule has 0 saturated carbocycles. The van der Waals surface area contributed by atoms with Gasteiger partial charge in [0.1, 0.15) is 0 Å². The van der Waals surface area contributed by atoms with Gasteiger partial charge in [0.05, 0.1) is 0 Å². The molecule has 1 aromatic heterocycles. The van der Waals surface area contributed by atoms with Crippen LogP contribution in [0, 0.1) is 5.16 Å². The number of aromatic nitrogens is 1. The Morgan fingerprint density at radius 1 is 0.714 bits per heavy atom. The average Bonchev–Trinajstić information content (AvgIpc) is 2.57. The topological polar surface area (TPSA) is 36.7 Å². The predicted octanol–water partition coefficient (Wildman–Crippen LogP) is 4.01. The van der Waals surface area contributed by atoms with Crippen LogP contribution in [0.4, 0.5) is 0 Å². The van der Waals surface area contributed by atoms with Crippen molar-refractivity contribution in [3.05, 3.63) is 90.8 Å². The van der Waals surface area contributed by atoms with Crippen LogP contribution in [0.1, 0.15) is 5.69 Å². The van der Waals surface area contributed by atoms with Gasteiger partial charge < -0.3 is 5.16 Å². The van der Waals surface area contributed by atoms with Crippen molar-refractivity contribution in [2.75, 3.05) is 0 Å². The van der Waals surface area contributed by atoms with Crippen molar-refractivity contribution >= 4 is 17.7 Å². The number of nitrogens with one attached hydrogen (secondary N) is 1. The molecule has 2 aromatic carbocycles. The van der Waals surface area contributed by atoms with E-state index in [0.29, 0.717) is 6.16 Å². The third-order valence-electron chi connectivity index (χ3n) is 3.52. The Hall–Kier alpha value is -2.18. The summed E-state index contributed by atoms with van der Waals surface area (Å²) in [7, 11) is -2.21. The fourth-order valence-electron chi connectivity index (χ4n) is 2.43. The molecule has 0 unspecified atom stereocenters. The second-order valence-corrected chi connectivity index (χ2v) is 7.93. The summed E-state index contributed by atoms with van der Waals surface area (Å²) >= 11 is 0. The molecular weight excluding hydrogens is 275 g/mol. The van der Waals surface area contributed by atoms with Gasteiger partial charge in [-0.25, -0.2) is 0 Å². The fourth-order valence-corrected chi connectivity index (χ4v) is 5.13. The third-order valence-corrected chi connectivity index (χ3v) is 6.68. The zero-order chi connectivity index (χ0) is 14.5. The summed E-state index contributed by atoms with van der Waals surface area (Å²) in [5, 5.41) is 11.4. The summed E-state index contributed by atoms with van der Waals surface area (Å²) in [6.45, 7) is 0. The maximum Gasteiger partial charge on any atom is 0.0466 e. The molecule has 1 N–H and O–H groups in total. The first kappa shape index (κ1) is 13.8. The zero-order valence-corrected chi connectivity index (χ0v) is 12.6. The highest BCUT2D eigenvalue weighted by molar-refractivity contribution is 7.79. The molecule has 0 bridgehead atoms. The Labute approximate surface area is 125 Å². The Bertz CT molecular complexity index is 696. The number of hydrogen-bond acceptors (Lipinski definition) is 2. The van der Waals surface area contributed by atoms with Crippen LogP contribution in [0.3, 0.4) is 0 Å². The van der Waals surface area contributed by atoms with Gasteiger partial charge in [-0.2, -0.15) is 0 Å². The van der Waals surface area contributed by atoms with E-state index in [1.165, 1.54) is 0 Å². The maximum absolute atomic E-state index is 9.21. The van der Waals surface area contributed by atoms with Crippen LogP contribution in [-0.2, 0) is 6.16 Å². The minimum Gasteiger partial charge on any atom is -0.309 e. The van der Waals surface area contributed by atoms with Crippen LogP contribution in [0.5, 0.6) is 0 Å². The first-order valence-electron chi connectivity index (χ1n) is 6.93. The van der Waals surface area contributed by atoms with Gasteiger partial charge >= 0.3 is 0 Å². The van der Waals surface area contributed by atoms with E-state index in [4.69, 9.17) is 0 Å². The Morgan fingerprint density at radius 2 is 1.24 bits per heavy atom. The molecular formula is C18H17N2P. The molecule has 0 fully saturated rings. The van der Waals surface area contributed by atoms with Crippen molar-refractivity contribution in [1.29, 1.82) is 5.16 Å². The van der Waals surface area contributed by atoms with Crippen molar-refractivity contribution < 1.29 is 0 Å². The molecule has 0 aliphatic carbocycles. The quantitative estimate of drug-likeness (QED) is 0.725. The lowest BCUT2D eigenvalue weighted by Gasteiger charge is -2.23. The standard InChI is InChI=1S/C18H17N2P/c19-21(17-10-3-1-4-11-17,18-12-5-2-6-13-18)15-16-9-7-8-14-20-16/h1-14,19H,15H2. The number of rotatable bonds is 4. The molecule has 104 valence electrons. The molecule has 0 amide bonds. The van der Waals surface area contributed by atoms with Gasteiger partial charge in [-0.1, -0.05) is 66.7 Å². The molecule has 0 saturated heterocycles. The lowest BCUT2D eigenvalue weighted by atomic mass is 10.4. The molecule has 0 aliphatic heterocycles. The van der Waals surface area contributed by atoms with Crippen molar-refractivity contribution in [2.24, 2.45) is 0 Å². The predicted molar refractivity (Wildman–Crippen MR) is 89.7 cm³/mol. The number of pyridine rings is 1. The van der Waals surface area contributed by atoms with Crippen molar-refractivity contribution in [3.63, 3.8) is 0 Å². The van der Waals surface area contributed by atoms with E-state index in [2.05, 4.69) is 29.2 Å². The summed E-state index contributed by atoms with van der Waals surface area (Å²) < 4.78 is 0. The summed E-state index contributed by atoms with van der Waals surface area (Å²) in [5.41, 5.74) is 0.980. The van der Waals surface area contributed by atoms with Crippen LogP contribution in [0.25, 0.3) is 0 Å². The molecule has 3 heteroatoms. The molecule has 1 heterocycles. The second kappa shape index (κ2) is 6.07. The lowest BCUT2D eigenvalue weighted by Crippen LogP contribution is -2.17. The number of hydrogen-bond donors (Lipinski definition) is 1. The fraction of sp³-hybridized carbons (Fsp3) is 0.0556. The highest BCUT2D eigenvalue weighted by Gasteiger charge is 2.22. The van der Waals surface area contributed by atoms with Crippen LogP contribution < -0.4 is 10.6 Å². The third kappa shape index (κ3) is 2.96. The highest BCUT2D eigenvalue weighted by atomic mass is 31.2. The molecule has 3 rings (SSSR count). The smallest absolute Gasteiger partial charge is 0.0466 e. The average molecular weight is 292 g/mol. The Morgan fingerprint density at radius 3 is 1.71 bits per heavy atom. The van der Waals surface area contributed by atoms with Gasteiger partial charge in [0.15, 0.2) is 0 Å². The second-order valence-electron chi connectivity index (χ2n) is 4.96. The largest absolute Gasteiger partial charge is 0.309 e. The molecule has 2 nitrogen and oxygen atoms in total. The van der Waals surface area contributed by atoms with Gasteiger partial charge in [-0.05, 0) is 22.7 Å². The maximum atomic E-state index is 9.21. The van der Waals surface area contributed by atoms with E-state index in [0.717, 1.165) is 16.3 Å².